The number of rotatable bonds is 4. The Morgan fingerprint density at radius 2 is 1.65 bits per heavy atom. The standard InChI is InChI=1S/C27H23N3O4/c1-16-18(26(31)28-2)7-5-9-21(16)30-27(32)20-15-23(29-22-8-4-3-6-19(20)22)17-10-11-24-25(14-17)34-13-12-33-24/h3-11,14-15H,12-13H2,1-2H3,(H,28,31)(H,30,32). The van der Waals surface area contributed by atoms with E-state index in [2.05, 4.69) is 10.6 Å². The number of ether oxygens (including phenoxy) is 2. The van der Waals surface area contributed by atoms with Crippen molar-refractivity contribution in [1.82, 2.24) is 10.3 Å². The monoisotopic (exact) mass is 453 g/mol. The third-order valence-corrected chi connectivity index (χ3v) is 5.85. The van der Waals surface area contributed by atoms with Gasteiger partial charge in [-0.25, -0.2) is 4.98 Å². The second-order valence-electron chi connectivity index (χ2n) is 7.94. The first-order valence-corrected chi connectivity index (χ1v) is 11.0. The molecule has 4 aromatic rings. The van der Waals surface area contributed by atoms with Crippen molar-refractivity contribution in [3.63, 3.8) is 0 Å². The number of carbonyl (C=O) groups excluding carboxylic acids is 2. The van der Waals surface area contributed by atoms with E-state index >= 15 is 0 Å². The number of benzene rings is 3. The van der Waals surface area contributed by atoms with E-state index in [1.807, 2.05) is 49.4 Å². The third kappa shape index (κ3) is 3.92. The van der Waals surface area contributed by atoms with Crippen LogP contribution in [0, 0.1) is 6.92 Å². The lowest BCUT2D eigenvalue weighted by Gasteiger charge is -2.19. The molecule has 0 spiro atoms. The number of aromatic nitrogens is 1. The van der Waals surface area contributed by atoms with E-state index in [1.54, 1.807) is 31.3 Å². The van der Waals surface area contributed by atoms with Gasteiger partial charge in [-0.2, -0.15) is 0 Å². The van der Waals surface area contributed by atoms with Crippen LogP contribution in [0.25, 0.3) is 22.2 Å². The van der Waals surface area contributed by atoms with Crippen LogP contribution in [0.5, 0.6) is 11.5 Å². The van der Waals surface area contributed by atoms with Crippen molar-refractivity contribution in [2.24, 2.45) is 0 Å². The average Bonchev–Trinajstić information content (AvgIpc) is 2.88. The fraction of sp³-hybridized carbons (Fsp3) is 0.148. The Morgan fingerprint density at radius 1 is 0.853 bits per heavy atom. The molecule has 2 amide bonds. The summed E-state index contributed by atoms with van der Waals surface area (Å²) in [6.07, 6.45) is 0. The smallest absolute Gasteiger partial charge is 0.256 e. The molecule has 170 valence electrons. The minimum absolute atomic E-state index is 0.205. The molecule has 34 heavy (non-hydrogen) atoms. The fourth-order valence-corrected chi connectivity index (χ4v) is 4.06. The summed E-state index contributed by atoms with van der Waals surface area (Å²) in [6, 6.07) is 20.2. The van der Waals surface area contributed by atoms with Crippen molar-refractivity contribution in [1.29, 1.82) is 0 Å². The lowest BCUT2D eigenvalue weighted by Crippen LogP contribution is -2.20. The molecule has 0 unspecified atom stereocenters. The minimum atomic E-state index is -0.283. The van der Waals surface area contributed by atoms with E-state index < -0.39 is 0 Å². The molecular formula is C27H23N3O4. The molecule has 0 saturated heterocycles. The number of amides is 2. The fourth-order valence-electron chi connectivity index (χ4n) is 4.06. The predicted octanol–water partition coefficient (Wildman–Crippen LogP) is 4.59. The minimum Gasteiger partial charge on any atom is -0.486 e. The van der Waals surface area contributed by atoms with E-state index in [1.165, 1.54) is 0 Å². The Bertz CT molecular complexity index is 1430. The number of hydrogen-bond donors (Lipinski definition) is 2. The highest BCUT2D eigenvalue weighted by molar-refractivity contribution is 6.13. The van der Waals surface area contributed by atoms with Crippen LogP contribution in [0.1, 0.15) is 26.3 Å². The molecule has 0 radical (unpaired) electrons. The average molecular weight is 453 g/mol. The normalized spacial score (nSPS) is 12.3. The zero-order valence-electron chi connectivity index (χ0n) is 18.8. The Morgan fingerprint density at radius 3 is 2.47 bits per heavy atom. The maximum atomic E-state index is 13.5. The second-order valence-corrected chi connectivity index (χ2v) is 7.94. The molecule has 0 fully saturated rings. The highest BCUT2D eigenvalue weighted by Crippen LogP contribution is 2.35. The molecule has 2 N–H and O–H groups in total. The molecule has 1 aromatic heterocycles. The van der Waals surface area contributed by atoms with Gasteiger partial charge in [0.15, 0.2) is 11.5 Å². The molecule has 0 bridgehead atoms. The summed E-state index contributed by atoms with van der Waals surface area (Å²) in [7, 11) is 1.58. The van der Waals surface area contributed by atoms with Crippen LogP contribution in [-0.2, 0) is 0 Å². The number of nitrogens with zero attached hydrogens (tertiary/aromatic N) is 1. The Balaban J connectivity index is 1.56. The van der Waals surface area contributed by atoms with Crippen LogP contribution >= 0.6 is 0 Å². The van der Waals surface area contributed by atoms with Crippen LogP contribution < -0.4 is 20.1 Å². The van der Waals surface area contributed by atoms with Crippen molar-refractivity contribution < 1.29 is 19.1 Å². The number of carbonyl (C=O) groups is 2. The van der Waals surface area contributed by atoms with E-state index in [0.29, 0.717) is 58.3 Å². The summed E-state index contributed by atoms with van der Waals surface area (Å²) >= 11 is 0. The van der Waals surface area contributed by atoms with Crippen LogP contribution in [0.3, 0.4) is 0 Å². The van der Waals surface area contributed by atoms with Gasteiger partial charge in [-0.3, -0.25) is 9.59 Å². The number of fused-ring (bicyclic) bond motifs is 2. The zero-order valence-corrected chi connectivity index (χ0v) is 18.8. The van der Waals surface area contributed by atoms with Gasteiger partial charge < -0.3 is 20.1 Å². The Labute approximate surface area is 196 Å². The quantitative estimate of drug-likeness (QED) is 0.472. The van der Waals surface area contributed by atoms with Gasteiger partial charge in [-0.05, 0) is 55.0 Å². The first-order valence-electron chi connectivity index (χ1n) is 11.0. The summed E-state index contributed by atoms with van der Waals surface area (Å²) in [5.41, 5.74) is 4.44. The Kier molecular flexibility index (Phi) is 5.59. The van der Waals surface area contributed by atoms with E-state index in [9.17, 15) is 9.59 Å². The number of para-hydroxylation sites is 1. The van der Waals surface area contributed by atoms with Crippen LogP contribution in [0.4, 0.5) is 5.69 Å². The van der Waals surface area contributed by atoms with Gasteiger partial charge in [0.25, 0.3) is 11.8 Å². The van der Waals surface area contributed by atoms with E-state index in [4.69, 9.17) is 14.5 Å². The summed E-state index contributed by atoms with van der Waals surface area (Å²) in [4.78, 5) is 30.4. The second kappa shape index (κ2) is 8.86. The number of hydrogen-bond acceptors (Lipinski definition) is 5. The molecule has 2 heterocycles. The van der Waals surface area contributed by atoms with Crippen molar-refractivity contribution in [2.45, 2.75) is 6.92 Å². The predicted molar refractivity (Wildman–Crippen MR) is 131 cm³/mol. The molecule has 1 aliphatic heterocycles. The molecule has 1 aliphatic rings. The van der Waals surface area contributed by atoms with Crippen molar-refractivity contribution in [3.8, 4) is 22.8 Å². The first-order chi connectivity index (χ1) is 16.5. The molecule has 3 aromatic carbocycles. The van der Waals surface area contributed by atoms with E-state index in [0.717, 1.165) is 10.9 Å². The van der Waals surface area contributed by atoms with Gasteiger partial charge in [-0.15, -0.1) is 0 Å². The highest BCUT2D eigenvalue weighted by Gasteiger charge is 2.18. The van der Waals surface area contributed by atoms with Gasteiger partial charge >= 0.3 is 0 Å². The molecule has 7 nitrogen and oxygen atoms in total. The molecule has 0 aliphatic carbocycles. The van der Waals surface area contributed by atoms with Crippen molar-refractivity contribution in [3.05, 3.63) is 83.4 Å². The lowest BCUT2D eigenvalue weighted by atomic mass is 10.0. The van der Waals surface area contributed by atoms with Crippen LogP contribution in [0.2, 0.25) is 0 Å². The van der Waals surface area contributed by atoms with E-state index in [-0.39, 0.29) is 11.8 Å². The van der Waals surface area contributed by atoms with Gasteiger partial charge in [0.2, 0.25) is 0 Å². The summed E-state index contributed by atoms with van der Waals surface area (Å²) in [5.74, 6) is 0.866. The summed E-state index contributed by atoms with van der Waals surface area (Å²) < 4.78 is 11.3. The van der Waals surface area contributed by atoms with Crippen molar-refractivity contribution in [2.75, 3.05) is 25.6 Å². The number of nitrogens with one attached hydrogen (secondary N) is 2. The highest BCUT2D eigenvalue weighted by atomic mass is 16.6. The Hall–Kier alpha value is -4.39. The number of anilines is 1. The van der Waals surface area contributed by atoms with Crippen LogP contribution in [-0.4, -0.2) is 37.1 Å². The van der Waals surface area contributed by atoms with Gasteiger partial charge in [0, 0.05) is 29.2 Å². The molecular weight excluding hydrogens is 430 g/mol. The van der Waals surface area contributed by atoms with Gasteiger partial charge in [0.05, 0.1) is 16.8 Å². The largest absolute Gasteiger partial charge is 0.486 e. The molecule has 0 saturated carbocycles. The molecule has 0 atom stereocenters. The maximum Gasteiger partial charge on any atom is 0.256 e. The third-order valence-electron chi connectivity index (χ3n) is 5.85. The van der Waals surface area contributed by atoms with Gasteiger partial charge in [0.1, 0.15) is 13.2 Å². The van der Waals surface area contributed by atoms with Gasteiger partial charge in [-0.1, -0.05) is 24.3 Å². The van der Waals surface area contributed by atoms with Crippen molar-refractivity contribution >= 4 is 28.4 Å². The summed E-state index contributed by atoms with van der Waals surface area (Å²) in [6.45, 7) is 2.82. The van der Waals surface area contributed by atoms with Crippen LogP contribution in [0.15, 0.2) is 66.7 Å². The topological polar surface area (TPSA) is 89.6 Å². The zero-order chi connectivity index (χ0) is 23.7. The molecule has 5 rings (SSSR count). The molecule has 7 heteroatoms. The maximum absolute atomic E-state index is 13.5. The number of pyridine rings is 1. The first kappa shape index (κ1) is 21.5. The SMILES string of the molecule is CNC(=O)c1cccc(NC(=O)c2cc(-c3ccc4c(c3)OCCO4)nc3ccccc23)c1C. The summed E-state index contributed by atoms with van der Waals surface area (Å²) in [5, 5.41) is 6.34. The lowest BCUT2D eigenvalue weighted by molar-refractivity contribution is 0.0960.